The Morgan fingerprint density at radius 3 is 2.71 bits per heavy atom. The maximum Gasteiger partial charge on any atom is -0.00948 e. The molecule has 1 aromatic rings. The van der Waals surface area contributed by atoms with Crippen LogP contribution in [0, 0.1) is 6.92 Å². The van der Waals surface area contributed by atoms with Gasteiger partial charge in [0.1, 0.15) is 0 Å². The molecule has 0 radical (unpaired) electrons. The summed E-state index contributed by atoms with van der Waals surface area (Å²) in [6, 6.07) is 6.77. The third-order valence-corrected chi connectivity index (χ3v) is 3.71. The molecule has 0 amide bonds. The van der Waals surface area contributed by atoms with E-state index in [4.69, 9.17) is 0 Å². The lowest BCUT2D eigenvalue weighted by atomic mass is 9.86. The first-order chi connectivity index (χ1) is 6.56. The smallest absolute Gasteiger partial charge is 0.00948 e. The van der Waals surface area contributed by atoms with Crippen LogP contribution in [0.3, 0.4) is 0 Å². The van der Waals surface area contributed by atoms with Gasteiger partial charge in [-0.1, -0.05) is 39.0 Å². The van der Waals surface area contributed by atoms with Gasteiger partial charge in [-0.05, 0) is 47.8 Å². The fourth-order valence-corrected chi connectivity index (χ4v) is 2.99. The van der Waals surface area contributed by atoms with Crippen LogP contribution >= 0.6 is 0 Å². The Morgan fingerprint density at radius 1 is 1.36 bits per heavy atom. The summed E-state index contributed by atoms with van der Waals surface area (Å²) in [7, 11) is 0. The summed E-state index contributed by atoms with van der Waals surface area (Å²) in [4.78, 5) is 0. The van der Waals surface area contributed by atoms with Crippen LogP contribution in [0.25, 0.3) is 0 Å². The van der Waals surface area contributed by atoms with Crippen molar-refractivity contribution < 1.29 is 0 Å². The summed E-state index contributed by atoms with van der Waals surface area (Å²) in [5.41, 5.74) is 5.10. The predicted octanol–water partition coefficient (Wildman–Crippen LogP) is 4.17. The zero-order valence-corrected chi connectivity index (χ0v) is 9.72. The van der Waals surface area contributed by atoms with Gasteiger partial charge in [0.05, 0.1) is 0 Å². The minimum Gasteiger partial charge on any atom is -0.0648 e. The highest BCUT2D eigenvalue weighted by Crippen LogP contribution is 2.48. The fraction of sp³-hybridized carbons (Fsp3) is 0.571. The van der Waals surface area contributed by atoms with Crippen LogP contribution in [0.4, 0.5) is 0 Å². The Hall–Kier alpha value is -0.780. The van der Waals surface area contributed by atoms with Gasteiger partial charge in [0.25, 0.3) is 0 Å². The Morgan fingerprint density at radius 2 is 2.07 bits per heavy atom. The second-order valence-corrected chi connectivity index (χ2v) is 5.23. The van der Waals surface area contributed by atoms with Crippen LogP contribution in [-0.4, -0.2) is 0 Å². The molecule has 0 unspecified atom stereocenters. The van der Waals surface area contributed by atoms with Gasteiger partial charge < -0.3 is 0 Å². The Bertz CT molecular complexity index is 347. The van der Waals surface area contributed by atoms with Crippen molar-refractivity contribution in [1.82, 2.24) is 0 Å². The third kappa shape index (κ3) is 1.28. The van der Waals surface area contributed by atoms with E-state index in [-0.39, 0.29) is 0 Å². The number of fused-ring (bicyclic) bond motifs is 1. The summed E-state index contributed by atoms with van der Waals surface area (Å²) >= 11 is 0. The molecule has 1 aliphatic rings. The van der Waals surface area contributed by atoms with Crippen molar-refractivity contribution in [2.75, 3.05) is 0 Å². The average molecular weight is 188 g/mol. The lowest BCUT2D eigenvalue weighted by Gasteiger charge is -2.19. The van der Waals surface area contributed by atoms with Gasteiger partial charge >= 0.3 is 0 Å². The second kappa shape index (κ2) is 3.12. The fourth-order valence-electron chi connectivity index (χ4n) is 2.99. The molecular weight excluding hydrogens is 168 g/mol. The molecule has 76 valence electrons. The average Bonchev–Trinajstić information content (AvgIpc) is 2.40. The van der Waals surface area contributed by atoms with Crippen molar-refractivity contribution in [1.29, 1.82) is 0 Å². The van der Waals surface area contributed by atoms with E-state index in [0.717, 1.165) is 5.92 Å². The lowest BCUT2D eigenvalue weighted by molar-refractivity contribution is 0.469. The number of aryl methyl sites for hydroxylation is 1. The molecule has 0 saturated carbocycles. The molecule has 1 aliphatic carbocycles. The van der Waals surface area contributed by atoms with Gasteiger partial charge in [-0.25, -0.2) is 0 Å². The van der Waals surface area contributed by atoms with E-state index in [1.807, 2.05) is 0 Å². The van der Waals surface area contributed by atoms with Gasteiger partial charge in [0.15, 0.2) is 0 Å². The van der Waals surface area contributed by atoms with Crippen molar-refractivity contribution in [2.24, 2.45) is 0 Å². The van der Waals surface area contributed by atoms with Crippen molar-refractivity contribution in [2.45, 2.75) is 51.9 Å². The maximum absolute atomic E-state index is 2.38. The molecule has 0 heterocycles. The molecule has 1 atom stereocenters. The minimum absolute atomic E-state index is 0.391. The molecule has 0 saturated heterocycles. The highest BCUT2D eigenvalue weighted by atomic mass is 14.4. The monoisotopic (exact) mass is 188 g/mol. The number of hydrogen-bond donors (Lipinski definition) is 0. The van der Waals surface area contributed by atoms with Crippen LogP contribution < -0.4 is 0 Å². The summed E-state index contributed by atoms with van der Waals surface area (Å²) in [6.45, 7) is 9.31. The van der Waals surface area contributed by atoms with Gasteiger partial charge in [-0.15, -0.1) is 0 Å². The highest BCUT2D eigenvalue weighted by molar-refractivity contribution is 5.46. The summed E-state index contributed by atoms with van der Waals surface area (Å²) in [6.07, 6.45) is 2.60. The number of rotatable bonds is 1. The quantitative estimate of drug-likeness (QED) is 0.620. The minimum atomic E-state index is 0.391. The molecule has 0 aromatic heterocycles. The molecule has 2 rings (SSSR count). The van der Waals surface area contributed by atoms with Crippen molar-refractivity contribution in [3.05, 3.63) is 34.9 Å². The Balaban J connectivity index is 2.59. The van der Waals surface area contributed by atoms with Crippen LogP contribution in [0.5, 0.6) is 0 Å². The van der Waals surface area contributed by atoms with Crippen molar-refractivity contribution in [3.8, 4) is 0 Å². The first-order valence-electron chi connectivity index (χ1n) is 5.66. The van der Waals surface area contributed by atoms with E-state index >= 15 is 0 Å². The van der Waals surface area contributed by atoms with Gasteiger partial charge in [-0.3, -0.25) is 0 Å². The lowest BCUT2D eigenvalue weighted by Crippen LogP contribution is -2.12. The molecular formula is C14H20. The van der Waals surface area contributed by atoms with Crippen LogP contribution in [0.2, 0.25) is 0 Å². The van der Waals surface area contributed by atoms with E-state index in [2.05, 4.69) is 45.9 Å². The van der Waals surface area contributed by atoms with Crippen LogP contribution in [0.15, 0.2) is 18.2 Å². The first kappa shape index (κ1) is 9.76. The predicted molar refractivity (Wildman–Crippen MR) is 61.9 cm³/mol. The van der Waals surface area contributed by atoms with Crippen LogP contribution in [-0.2, 0) is 5.41 Å². The second-order valence-electron chi connectivity index (χ2n) is 5.23. The first-order valence-corrected chi connectivity index (χ1v) is 5.66. The standard InChI is InChI=1S/C14H20/c1-5-11-9-14(3,4)12-8-6-7-10(2)13(11)12/h6-8,11H,5,9H2,1-4H3/t11-/m0/s1. The topological polar surface area (TPSA) is 0 Å². The SMILES string of the molecule is CC[C@H]1CC(C)(C)c2cccc(C)c21. The highest BCUT2D eigenvalue weighted by Gasteiger charge is 2.36. The van der Waals surface area contributed by atoms with E-state index in [9.17, 15) is 0 Å². The van der Waals surface area contributed by atoms with Crippen LogP contribution in [0.1, 0.15) is 56.2 Å². The molecule has 0 N–H and O–H groups in total. The molecule has 0 aliphatic heterocycles. The van der Waals surface area contributed by atoms with Gasteiger partial charge in [-0.2, -0.15) is 0 Å². The molecule has 0 heteroatoms. The zero-order valence-electron chi connectivity index (χ0n) is 9.72. The third-order valence-electron chi connectivity index (χ3n) is 3.71. The summed E-state index contributed by atoms with van der Waals surface area (Å²) in [5, 5.41) is 0. The maximum atomic E-state index is 2.38. The molecule has 0 bridgehead atoms. The Labute approximate surface area is 87.3 Å². The normalized spacial score (nSPS) is 23.6. The summed E-state index contributed by atoms with van der Waals surface area (Å²) < 4.78 is 0. The van der Waals surface area contributed by atoms with E-state index in [1.54, 1.807) is 11.1 Å². The van der Waals surface area contributed by atoms with E-state index in [1.165, 1.54) is 18.4 Å². The molecule has 14 heavy (non-hydrogen) atoms. The molecule has 0 spiro atoms. The molecule has 1 aromatic carbocycles. The number of hydrogen-bond acceptors (Lipinski definition) is 0. The van der Waals surface area contributed by atoms with E-state index < -0.39 is 0 Å². The van der Waals surface area contributed by atoms with Crippen molar-refractivity contribution >= 4 is 0 Å². The molecule has 0 fully saturated rings. The Kier molecular flexibility index (Phi) is 2.17. The van der Waals surface area contributed by atoms with Crippen molar-refractivity contribution in [3.63, 3.8) is 0 Å². The number of benzene rings is 1. The van der Waals surface area contributed by atoms with E-state index in [0.29, 0.717) is 5.41 Å². The zero-order chi connectivity index (χ0) is 10.3. The molecule has 0 nitrogen and oxygen atoms in total. The summed E-state index contributed by atoms with van der Waals surface area (Å²) in [5.74, 6) is 0.793. The largest absolute Gasteiger partial charge is 0.0648 e. The van der Waals surface area contributed by atoms with Gasteiger partial charge in [0, 0.05) is 0 Å². The van der Waals surface area contributed by atoms with Gasteiger partial charge in [0.2, 0.25) is 0 Å².